The maximum atomic E-state index is 12.2. The Morgan fingerprint density at radius 1 is 1.31 bits per heavy atom. The van der Waals surface area contributed by atoms with Crippen molar-refractivity contribution in [3.8, 4) is 11.5 Å². The van der Waals surface area contributed by atoms with Crippen LogP contribution in [0.3, 0.4) is 0 Å². The standard InChI is InChI=1S/C19H17BrN2O3S/c1-3-25-15-10-13(20)8-12(17(15)23)9-16-18(24)22-19(26-16)21-14-6-4-11(2)5-7-14/h4-10,23H,3H2,1-2H3,(H,21,22,24)/b16-9+. The molecule has 1 saturated heterocycles. The van der Waals surface area contributed by atoms with E-state index in [2.05, 4.69) is 26.2 Å². The molecule has 2 aromatic rings. The van der Waals surface area contributed by atoms with Crippen molar-refractivity contribution in [2.75, 3.05) is 6.61 Å². The highest BCUT2D eigenvalue weighted by molar-refractivity contribution is 9.10. The fourth-order valence-corrected chi connectivity index (χ4v) is 3.62. The number of phenolic OH excluding ortho intramolecular Hbond substituents is 1. The van der Waals surface area contributed by atoms with E-state index in [1.165, 1.54) is 11.8 Å². The zero-order valence-electron chi connectivity index (χ0n) is 14.2. The summed E-state index contributed by atoms with van der Waals surface area (Å²) in [5.41, 5.74) is 2.41. The van der Waals surface area contributed by atoms with Gasteiger partial charge in [0.2, 0.25) is 0 Å². The summed E-state index contributed by atoms with van der Waals surface area (Å²) in [4.78, 5) is 17.1. The Labute approximate surface area is 164 Å². The molecule has 1 fully saturated rings. The molecular weight excluding hydrogens is 416 g/mol. The molecular formula is C19H17BrN2O3S. The van der Waals surface area contributed by atoms with Crippen LogP contribution in [0.25, 0.3) is 6.08 Å². The third kappa shape index (κ3) is 4.28. The second-order valence-corrected chi connectivity index (χ2v) is 7.54. The molecule has 7 heteroatoms. The van der Waals surface area contributed by atoms with Crippen molar-refractivity contribution in [1.82, 2.24) is 5.32 Å². The van der Waals surface area contributed by atoms with Crippen LogP contribution in [-0.2, 0) is 4.79 Å². The van der Waals surface area contributed by atoms with Crippen LogP contribution in [0.4, 0.5) is 5.69 Å². The Morgan fingerprint density at radius 2 is 2.04 bits per heavy atom. The minimum atomic E-state index is -0.252. The highest BCUT2D eigenvalue weighted by Gasteiger charge is 2.24. The van der Waals surface area contributed by atoms with Gasteiger partial charge in [0.15, 0.2) is 16.7 Å². The number of carbonyl (C=O) groups is 1. The normalized spacial score (nSPS) is 17.0. The number of nitrogens with one attached hydrogen (secondary N) is 1. The van der Waals surface area contributed by atoms with Crippen molar-refractivity contribution in [1.29, 1.82) is 0 Å². The molecule has 0 aliphatic carbocycles. The van der Waals surface area contributed by atoms with E-state index in [4.69, 9.17) is 4.74 Å². The summed E-state index contributed by atoms with van der Waals surface area (Å²) < 4.78 is 6.17. The molecule has 0 aromatic heterocycles. The first kappa shape index (κ1) is 18.5. The quantitative estimate of drug-likeness (QED) is 0.683. The molecule has 26 heavy (non-hydrogen) atoms. The lowest BCUT2D eigenvalue weighted by Crippen LogP contribution is -2.19. The van der Waals surface area contributed by atoms with Crippen molar-refractivity contribution in [3.05, 3.63) is 56.9 Å². The minimum absolute atomic E-state index is 0.000117. The highest BCUT2D eigenvalue weighted by Crippen LogP contribution is 2.37. The van der Waals surface area contributed by atoms with Gasteiger partial charge in [0.05, 0.1) is 17.2 Å². The average Bonchev–Trinajstić information content (AvgIpc) is 2.93. The van der Waals surface area contributed by atoms with Gasteiger partial charge in [-0.1, -0.05) is 33.6 Å². The third-order valence-corrected chi connectivity index (χ3v) is 4.94. The summed E-state index contributed by atoms with van der Waals surface area (Å²) in [6, 6.07) is 11.1. The lowest BCUT2D eigenvalue weighted by Gasteiger charge is -2.09. The molecule has 0 atom stereocenters. The fourth-order valence-electron chi connectivity index (χ4n) is 2.33. The monoisotopic (exact) mass is 432 g/mol. The summed E-state index contributed by atoms with van der Waals surface area (Å²) in [5.74, 6) is 0.115. The van der Waals surface area contributed by atoms with E-state index in [9.17, 15) is 9.90 Å². The predicted molar refractivity (Wildman–Crippen MR) is 109 cm³/mol. The molecule has 0 saturated carbocycles. The molecule has 1 aliphatic heterocycles. The van der Waals surface area contributed by atoms with E-state index in [0.717, 1.165) is 15.7 Å². The number of aliphatic imine (C=N–C) groups is 1. The van der Waals surface area contributed by atoms with Crippen LogP contribution in [0.2, 0.25) is 0 Å². The molecule has 2 N–H and O–H groups in total. The van der Waals surface area contributed by atoms with Crippen LogP contribution >= 0.6 is 27.7 Å². The van der Waals surface area contributed by atoms with Gasteiger partial charge in [-0.2, -0.15) is 0 Å². The molecule has 0 radical (unpaired) electrons. The van der Waals surface area contributed by atoms with Crippen LogP contribution < -0.4 is 10.1 Å². The van der Waals surface area contributed by atoms with Gasteiger partial charge in [-0.05, 0) is 56.0 Å². The van der Waals surface area contributed by atoms with E-state index in [1.807, 2.05) is 38.1 Å². The first-order chi connectivity index (χ1) is 12.5. The van der Waals surface area contributed by atoms with Crippen molar-refractivity contribution >= 4 is 50.5 Å². The Balaban J connectivity index is 1.88. The number of rotatable bonds is 4. The average molecular weight is 433 g/mol. The van der Waals surface area contributed by atoms with Crippen LogP contribution in [0.15, 0.2) is 50.8 Å². The number of aromatic hydroxyl groups is 1. The number of hydrogen-bond donors (Lipinski definition) is 2. The minimum Gasteiger partial charge on any atom is -0.504 e. The van der Waals surface area contributed by atoms with Gasteiger partial charge in [-0.3, -0.25) is 4.79 Å². The number of carbonyl (C=O) groups excluding carboxylic acids is 1. The zero-order valence-corrected chi connectivity index (χ0v) is 16.6. The largest absolute Gasteiger partial charge is 0.504 e. The Bertz CT molecular complexity index is 908. The predicted octanol–water partition coefficient (Wildman–Crippen LogP) is 4.75. The lowest BCUT2D eigenvalue weighted by atomic mass is 10.1. The van der Waals surface area contributed by atoms with E-state index in [-0.39, 0.29) is 11.7 Å². The first-order valence-corrected chi connectivity index (χ1v) is 9.58. The van der Waals surface area contributed by atoms with Gasteiger partial charge in [0.1, 0.15) is 0 Å². The lowest BCUT2D eigenvalue weighted by molar-refractivity contribution is -0.115. The van der Waals surface area contributed by atoms with Crippen LogP contribution in [-0.4, -0.2) is 22.8 Å². The summed E-state index contributed by atoms with van der Waals surface area (Å²) >= 11 is 4.62. The number of ether oxygens (including phenoxy) is 1. The van der Waals surface area contributed by atoms with Gasteiger partial charge < -0.3 is 15.2 Å². The number of phenols is 1. The maximum absolute atomic E-state index is 12.2. The maximum Gasteiger partial charge on any atom is 0.264 e. The van der Waals surface area contributed by atoms with E-state index < -0.39 is 0 Å². The van der Waals surface area contributed by atoms with Gasteiger partial charge in [-0.25, -0.2) is 4.99 Å². The van der Waals surface area contributed by atoms with Gasteiger partial charge in [0.25, 0.3) is 5.91 Å². The van der Waals surface area contributed by atoms with E-state index in [1.54, 1.807) is 18.2 Å². The SMILES string of the molecule is CCOc1cc(Br)cc(/C=C2/SC(=Nc3ccc(C)cc3)NC2=O)c1O. The van der Waals surface area contributed by atoms with Crippen LogP contribution in [0, 0.1) is 6.92 Å². The van der Waals surface area contributed by atoms with Gasteiger partial charge >= 0.3 is 0 Å². The summed E-state index contributed by atoms with van der Waals surface area (Å²) in [7, 11) is 0. The number of aryl methyl sites for hydroxylation is 1. The Hall–Kier alpha value is -2.25. The molecule has 0 unspecified atom stereocenters. The van der Waals surface area contributed by atoms with E-state index >= 15 is 0 Å². The van der Waals surface area contributed by atoms with Crippen molar-refractivity contribution in [2.45, 2.75) is 13.8 Å². The number of amides is 1. The number of nitrogens with zero attached hydrogens (tertiary/aromatic N) is 1. The Kier molecular flexibility index (Phi) is 5.68. The number of hydrogen-bond acceptors (Lipinski definition) is 5. The third-order valence-electron chi connectivity index (χ3n) is 3.57. The van der Waals surface area contributed by atoms with Crippen LogP contribution in [0.1, 0.15) is 18.1 Å². The molecule has 5 nitrogen and oxygen atoms in total. The summed E-state index contributed by atoms with van der Waals surface area (Å²) in [5, 5.41) is 13.6. The number of halogens is 1. The smallest absolute Gasteiger partial charge is 0.264 e. The first-order valence-electron chi connectivity index (χ1n) is 7.98. The molecule has 3 rings (SSSR count). The summed E-state index contributed by atoms with van der Waals surface area (Å²) in [6.07, 6.45) is 1.63. The zero-order chi connectivity index (χ0) is 18.7. The number of benzene rings is 2. The van der Waals surface area contributed by atoms with Crippen molar-refractivity contribution < 1.29 is 14.6 Å². The van der Waals surface area contributed by atoms with Crippen LogP contribution in [0.5, 0.6) is 11.5 Å². The molecule has 0 spiro atoms. The number of amidine groups is 1. The van der Waals surface area contributed by atoms with Crippen molar-refractivity contribution in [2.24, 2.45) is 4.99 Å². The van der Waals surface area contributed by atoms with Crippen molar-refractivity contribution in [3.63, 3.8) is 0 Å². The molecule has 1 aliphatic rings. The number of thioether (sulfide) groups is 1. The highest BCUT2D eigenvalue weighted by atomic mass is 79.9. The summed E-state index contributed by atoms with van der Waals surface area (Å²) in [6.45, 7) is 4.28. The molecule has 1 amide bonds. The second-order valence-electron chi connectivity index (χ2n) is 5.59. The fraction of sp³-hybridized carbons (Fsp3) is 0.158. The molecule has 1 heterocycles. The Morgan fingerprint density at radius 3 is 2.73 bits per heavy atom. The van der Waals surface area contributed by atoms with Gasteiger partial charge in [0, 0.05) is 10.0 Å². The molecule has 2 aromatic carbocycles. The topological polar surface area (TPSA) is 70.9 Å². The van der Waals surface area contributed by atoms with E-state index in [0.29, 0.717) is 28.0 Å². The van der Waals surface area contributed by atoms with Gasteiger partial charge in [-0.15, -0.1) is 0 Å². The molecule has 134 valence electrons. The second kappa shape index (κ2) is 7.97. The molecule has 0 bridgehead atoms.